The number of aromatic nitrogens is 3. The maximum Gasteiger partial charge on any atom is 0.244 e. The molecule has 1 aliphatic heterocycles. The van der Waals surface area contributed by atoms with Crippen LogP contribution < -0.4 is 10.6 Å². The van der Waals surface area contributed by atoms with Crippen molar-refractivity contribution in [2.24, 2.45) is 5.73 Å². The van der Waals surface area contributed by atoms with Crippen molar-refractivity contribution in [3.8, 4) is 0 Å². The summed E-state index contributed by atoms with van der Waals surface area (Å²) in [6, 6.07) is 0.254. The summed E-state index contributed by atoms with van der Waals surface area (Å²) in [5, 5.41) is 7.20. The molecule has 0 radical (unpaired) electrons. The molecule has 1 aromatic heterocycles. The molecule has 0 spiro atoms. The summed E-state index contributed by atoms with van der Waals surface area (Å²) in [6.07, 6.45) is 2.23. The Balaban J connectivity index is 2.00. The lowest BCUT2D eigenvalue weighted by Crippen LogP contribution is -2.43. The monoisotopic (exact) mass is 224 g/mol. The van der Waals surface area contributed by atoms with Crippen molar-refractivity contribution in [1.29, 1.82) is 0 Å². The number of hydrogen-bond donors (Lipinski definition) is 2. The summed E-state index contributed by atoms with van der Waals surface area (Å²) in [6.45, 7) is 2.65. The molecule has 6 nitrogen and oxygen atoms in total. The van der Waals surface area contributed by atoms with Crippen molar-refractivity contribution in [2.45, 2.75) is 25.4 Å². The smallest absolute Gasteiger partial charge is 0.244 e. The molecule has 0 aliphatic carbocycles. The van der Waals surface area contributed by atoms with Gasteiger partial charge in [0.15, 0.2) is 0 Å². The van der Waals surface area contributed by atoms with Gasteiger partial charge in [-0.05, 0) is 26.9 Å². The Hall–Kier alpha value is -1.14. The second-order valence-electron chi connectivity index (χ2n) is 4.67. The zero-order valence-corrected chi connectivity index (χ0v) is 9.98. The second kappa shape index (κ2) is 4.80. The molecule has 6 heteroatoms. The molecule has 16 heavy (non-hydrogen) atoms. The van der Waals surface area contributed by atoms with Crippen LogP contribution in [0.25, 0.3) is 0 Å². The topological polar surface area (TPSA) is 74.1 Å². The lowest BCUT2D eigenvalue weighted by Gasteiger charge is -2.29. The first kappa shape index (κ1) is 11.3. The average Bonchev–Trinajstić information content (AvgIpc) is 2.65. The number of piperidine rings is 1. The van der Waals surface area contributed by atoms with Crippen molar-refractivity contribution < 1.29 is 0 Å². The number of aromatic amines is 1. The number of anilines is 1. The van der Waals surface area contributed by atoms with Crippen molar-refractivity contribution >= 4 is 5.95 Å². The predicted octanol–water partition coefficient (Wildman–Crippen LogP) is -0.206. The average molecular weight is 224 g/mol. The Morgan fingerprint density at radius 2 is 2.38 bits per heavy atom. The minimum Gasteiger partial charge on any atom is -0.338 e. The fraction of sp³-hybridized carbons (Fsp3) is 0.800. The van der Waals surface area contributed by atoms with Gasteiger partial charge in [0, 0.05) is 19.1 Å². The van der Waals surface area contributed by atoms with E-state index in [1.54, 1.807) is 0 Å². The highest BCUT2D eigenvalue weighted by atomic mass is 15.4. The Morgan fingerprint density at radius 3 is 3.06 bits per heavy atom. The van der Waals surface area contributed by atoms with Gasteiger partial charge in [-0.2, -0.15) is 4.98 Å². The van der Waals surface area contributed by atoms with Crippen molar-refractivity contribution in [2.75, 3.05) is 32.1 Å². The zero-order chi connectivity index (χ0) is 11.5. The highest BCUT2D eigenvalue weighted by Gasteiger charge is 2.19. The number of nitrogens with one attached hydrogen (secondary N) is 1. The Bertz CT molecular complexity index is 334. The highest BCUT2D eigenvalue weighted by molar-refractivity contribution is 5.29. The van der Waals surface area contributed by atoms with Crippen molar-refractivity contribution in [3.63, 3.8) is 0 Å². The number of H-pyrrole nitrogens is 1. The van der Waals surface area contributed by atoms with Crippen molar-refractivity contribution in [3.05, 3.63) is 5.82 Å². The standard InChI is InChI=1S/C10H20N6/c1-15(2)7-9-12-10(14-13-9)16-5-3-4-8(11)6-16/h8H,3-7,11H2,1-2H3,(H,12,13,14). The van der Waals surface area contributed by atoms with Crippen LogP contribution in [0.1, 0.15) is 18.7 Å². The summed E-state index contributed by atoms with van der Waals surface area (Å²) in [5.74, 6) is 1.69. The van der Waals surface area contributed by atoms with E-state index in [9.17, 15) is 0 Å². The first-order chi connectivity index (χ1) is 7.65. The molecule has 90 valence electrons. The molecule has 1 aliphatic rings. The van der Waals surface area contributed by atoms with Crippen LogP contribution in [0, 0.1) is 0 Å². The van der Waals surface area contributed by atoms with Crippen LogP contribution in [0.15, 0.2) is 0 Å². The van der Waals surface area contributed by atoms with Gasteiger partial charge in [-0.3, -0.25) is 5.10 Å². The van der Waals surface area contributed by atoms with Crippen LogP contribution >= 0.6 is 0 Å². The molecule has 1 atom stereocenters. The third-order valence-electron chi connectivity index (χ3n) is 2.73. The first-order valence-corrected chi connectivity index (χ1v) is 5.71. The molecular weight excluding hydrogens is 204 g/mol. The number of rotatable bonds is 3. The molecule has 0 aromatic carbocycles. The van der Waals surface area contributed by atoms with Gasteiger partial charge in [0.1, 0.15) is 5.82 Å². The van der Waals surface area contributed by atoms with Crippen LogP contribution in [0.2, 0.25) is 0 Å². The molecule has 2 heterocycles. The van der Waals surface area contributed by atoms with Gasteiger partial charge in [0.2, 0.25) is 5.95 Å². The lowest BCUT2D eigenvalue weighted by molar-refractivity contribution is 0.391. The number of nitrogens with two attached hydrogens (primary N) is 1. The largest absolute Gasteiger partial charge is 0.338 e. The van der Waals surface area contributed by atoms with E-state index in [0.29, 0.717) is 0 Å². The first-order valence-electron chi connectivity index (χ1n) is 5.71. The van der Waals surface area contributed by atoms with Gasteiger partial charge in [-0.1, -0.05) is 0 Å². The molecule has 2 rings (SSSR count). The quantitative estimate of drug-likeness (QED) is 0.743. The van der Waals surface area contributed by atoms with Crippen molar-refractivity contribution in [1.82, 2.24) is 20.1 Å². The lowest BCUT2D eigenvalue weighted by atomic mass is 10.1. The van der Waals surface area contributed by atoms with Gasteiger partial charge in [0.05, 0.1) is 6.54 Å². The molecule has 0 saturated carbocycles. The van der Waals surface area contributed by atoms with Gasteiger partial charge in [0.25, 0.3) is 0 Å². The van der Waals surface area contributed by atoms with Crippen LogP contribution in [-0.4, -0.2) is 53.3 Å². The minimum absolute atomic E-state index is 0.254. The summed E-state index contributed by atoms with van der Waals surface area (Å²) >= 11 is 0. The SMILES string of the molecule is CN(C)Cc1nc(N2CCCC(N)C2)n[nH]1. The molecule has 0 bridgehead atoms. The number of hydrogen-bond acceptors (Lipinski definition) is 5. The normalized spacial score (nSPS) is 21.8. The molecule has 3 N–H and O–H groups in total. The van der Waals surface area contributed by atoms with E-state index < -0.39 is 0 Å². The maximum absolute atomic E-state index is 5.93. The summed E-state index contributed by atoms with van der Waals surface area (Å²) in [4.78, 5) is 8.69. The Labute approximate surface area is 95.8 Å². The van der Waals surface area contributed by atoms with E-state index in [4.69, 9.17) is 5.73 Å². The van der Waals surface area contributed by atoms with Gasteiger partial charge in [-0.25, -0.2) is 0 Å². The van der Waals surface area contributed by atoms with Crippen LogP contribution in [-0.2, 0) is 6.54 Å². The predicted molar refractivity (Wildman–Crippen MR) is 63.2 cm³/mol. The fourth-order valence-corrected chi connectivity index (χ4v) is 1.99. The van der Waals surface area contributed by atoms with E-state index >= 15 is 0 Å². The molecular formula is C10H20N6. The van der Waals surface area contributed by atoms with E-state index in [-0.39, 0.29) is 6.04 Å². The van der Waals surface area contributed by atoms with Crippen LogP contribution in [0.5, 0.6) is 0 Å². The summed E-state index contributed by atoms with van der Waals surface area (Å²) in [5.41, 5.74) is 5.93. The molecule has 1 unspecified atom stereocenters. The maximum atomic E-state index is 5.93. The third kappa shape index (κ3) is 2.70. The van der Waals surface area contributed by atoms with E-state index in [2.05, 4.69) is 25.0 Å². The minimum atomic E-state index is 0.254. The molecule has 1 fully saturated rings. The Morgan fingerprint density at radius 1 is 1.56 bits per heavy atom. The highest BCUT2D eigenvalue weighted by Crippen LogP contribution is 2.14. The van der Waals surface area contributed by atoms with Gasteiger partial charge < -0.3 is 15.5 Å². The molecule has 1 saturated heterocycles. The fourth-order valence-electron chi connectivity index (χ4n) is 1.99. The third-order valence-corrected chi connectivity index (χ3v) is 2.73. The zero-order valence-electron chi connectivity index (χ0n) is 9.98. The second-order valence-corrected chi connectivity index (χ2v) is 4.67. The molecule has 0 amide bonds. The van der Waals surface area contributed by atoms with Crippen LogP contribution in [0.3, 0.4) is 0 Å². The van der Waals surface area contributed by atoms with Crippen LogP contribution in [0.4, 0.5) is 5.95 Å². The Kier molecular flexibility index (Phi) is 3.40. The van der Waals surface area contributed by atoms with Gasteiger partial charge >= 0.3 is 0 Å². The van der Waals surface area contributed by atoms with Gasteiger partial charge in [-0.15, -0.1) is 5.10 Å². The van der Waals surface area contributed by atoms with E-state index in [1.807, 2.05) is 14.1 Å². The number of nitrogens with zero attached hydrogens (tertiary/aromatic N) is 4. The van der Waals surface area contributed by atoms with E-state index in [0.717, 1.165) is 44.2 Å². The van der Waals surface area contributed by atoms with E-state index in [1.165, 1.54) is 0 Å². The summed E-state index contributed by atoms with van der Waals surface area (Å²) < 4.78 is 0. The molecule has 1 aromatic rings. The summed E-state index contributed by atoms with van der Waals surface area (Å²) in [7, 11) is 4.03.